The summed E-state index contributed by atoms with van der Waals surface area (Å²) in [4.78, 5) is 0. The van der Waals surface area contributed by atoms with Crippen molar-refractivity contribution in [3.05, 3.63) is 61.3 Å². The molecule has 4 aliphatic rings. The van der Waals surface area contributed by atoms with E-state index in [2.05, 4.69) is 55.2 Å². The molecule has 298 valence electrons. The van der Waals surface area contributed by atoms with Crippen LogP contribution in [0.2, 0.25) is 0 Å². The Morgan fingerprint density at radius 2 is 0.294 bits per heavy atom. The molecule has 0 aliphatic heterocycles. The van der Waals surface area contributed by atoms with Gasteiger partial charge in [0.05, 0.1) is 0 Å². The molecular formula is C51H94. The van der Waals surface area contributed by atoms with Gasteiger partial charge < -0.3 is 0 Å². The van der Waals surface area contributed by atoms with Gasteiger partial charge in [-0.05, 0) is 110 Å². The van der Waals surface area contributed by atoms with Gasteiger partial charge >= 0.3 is 0 Å². The highest BCUT2D eigenvalue weighted by Crippen LogP contribution is 2.16. The SMILES string of the molecule is C1=CCCCCCCCCCC1.C1=CCCCCCCCCCC1.C1=CCCCCCCCCCC1.C1=CCCCCCCCCCC1.C=CC. The van der Waals surface area contributed by atoms with Crippen molar-refractivity contribution >= 4 is 0 Å². The van der Waals surface area contributed by atoms with Gasteiger partial charge in [0.2, 0.25) is 0 Å². The van der Waals surface area contributed by atoms with Gasteiger partial charge in [-0.25, -0.2) is 0 Å². The van der Waals surface area contributed by atoms with E-state index in [1.54, 1.807) is 6.08 Å². The summed E-state index contributed by atoms with van der Waals surface area (Å²) in [5.74, 6) is 0. The van der Waals surface area contributed by atoms with E-state index >= 15 is 0 Å². The van der Waals surface area contributed by atoms with Gasteiger partial charge in [0.1, 0.15) is 0 Å². The Morgan fingerprint density at radius 1 is 0.216 bits per heavy atom. The van der Waals surface area contributed by atoms with Crippen molar-refractivity contribution < 1.29 is 0 Å². The molecule has 51 heavy (non-hydrogen) atoms. The van der Waals surface area contributed by atoms with E-state index in [1.807, 2.05) is 6.92 Å². The number of rotatable bonds is 0. The lowest BCUT2D eigenvalue weighted by atomic mass is 10.0. The zero-order valence-corrected chi connectivity index (χ0v) is 35.2. The van der Waals surface area contributed by atoms with Gasteiger partial charge in [-0.3, -0.25) is 0 Å². The van der Waals surface area contributed by atoms with E-state index in [9.17, 15) is 0 Å². The van der Waals surface area contributed by atoms with Crippen LogP contribution in [0.3, 0.4) is 0 Å². The predicted octanol–water partition coefficient (Wildman–Crippen LogP) is 19.0. The van der Waals surface area contributed by atoms with Gasteiger partial charge in [-0.2, -0.15) is 0 Å². The summed E-state index contributed by atoms with van der Waals surface area (Å²) < 4.78 is 0. The quantitative estimate of drug-likeness (QED) is 0.220. The molecule has 4 rings (SSSR count). The monoisotopic (exact) mass is 707 g/mol. The van der Waals surface area contributed by atoms with Crippen molar-refractivity contribution in [2.45, 2.75) is 264 Å². The summed E-state index contributed by atoms with van der Waals surface area (Å²) >= 11 is 0. The highest BCUT2D eigenvalue weighted by molar-refractivity contribution is 4.83. The van der Waals surface area contributed by atoms with Crippen LogP contribution in [0.4, 0.5) is 0 Å². The Bertz CT molecular complexity index is 559. The maximum atomic E-state index is 3.36. The molecule has 0 saturated heterocycles. The van der Waals surface area contributed by atoms with Crippen LogP contribution in [0.15, 0.2) is 61.3 Å². The summed E-state index contributed by atoms with van der Waals surface area (Å²) in [6.07, 6.45) is 77.7. The van der Waals surface area contributed by atoms with Crippen LogP contribution in [0, 0.1) is 0 Å². The van der Waals surface area contributed by atoms with Gasteiger partial charge in [-0.15, -0.1) is 6.58 Å². The minimum atomic E-state index is 1.32. The van der Waals surface area contributed by atoms with Gasteiger partial charge in [0.25, 0.3) is 0 Å². The van der Waals surface area contributed by atoms with Crippen LogP contribution in [0.1, 0.15) is 264 Å². The third-order valence-electron chi connectivity index (χ3n) is 10.6. The molecule has 0 amide bonds. The molecule has 0 spiro atoms. The topological polar surface area (TPSA) is 0 Å². The Hall–Kier alpha value is -1.30. The molecule has 0 bridgehead atoms. The predicted molar refractivity (Wildman–Crippen MR) is 237 cm³/mol. The van der Waals surface area contributed by atoms with Crippen LogP contribution in [-0.2, 0) is 0 Å². The lowest BCUT2D eigenvalue weighted by Crippen LogP contribution is -1.82. The molecule has 0 aromatic rings. The van der Waals surface area contributed by atoms with Crippen molar-refractivity contribution in [3.8, 4) is 0 Å². The van der Waals surface area contributed by atoms with Crippen molar-refractivity contribution in [2.24, 2.45) is 0 Å². The first-order valence-corrected chi connectivity index (χ1v) is 23.6. The van der Waals surface area contributed by atoms with Crippen LogP contribution < -0.4 is 0 Å². The summed E-state index contributed by atoms with van der Waals surface area (Å²) in [5, 5.41) is 0. The highest BCUT2D eigenvalue weighted by Gasteiger charge is 1.96. The van der Waals surface area contributed by atoms with Crippen molar-refractivity contribution in [3.63, 3.8) is 0 Å². The van der Waals surface area contributed by atoms with Gasteiger partial charge in [0.15, 0.2) is 0 Å². The van der Waals surface area contributed by atoms with E-state index < -0.39 is 0 Å². The third-order valence-corrected chi connectivity index (χ3v) is 10.6. The first-order valence-electron chi connectivity index (χ1n) is 23.6. The summed E-state index contributed by atoms with van der Waals surface area (Å²) in [5.41, 5.74) is 0. The molecule has 0 radical (unpaired) electrons. The maximum Gasteiger partial charge on any atom is -0.0351 e. The highest BCUT2D eigenvalue weighted by atomic mass is 14.0. The molecule has 0 unspecified atom stereocenters. The number of hydrogen-bond acceptors (Lipinski definition) is 0. The van der Waals surface area contributed by atoms with E-state index in [0.717, 1.165) is 0 Å². The average molecular weight is 707 g/mol. The molecular weight excluding hydrogens is 613 g/mol. The summed E-state index contributed by atoms with van der Waals surface area (Å²) in [7, 11) is 0. The van der Waals surface area contributed by atoms with E-state index in [0.29, 0.717) is 0 Å². The standard InChI is InChI=1S/4C12H22.C3H6/c4*1-2-4-6-8-10-12-11-9-7-5-3-1;1-3-2/h4*1-2H,3-12H2;3H,1H2,2H3. The molecule has 0 atom stereocenters. The lowest BCUT2D eigenvalue weighted by molar-refractivity contribution is 0.566. The molecule has 0 saturated carbocycles. The van der Waals surface area contributed by atoms with Crippen molar-refractivity contribution in [2.75, 3.05) is 0 Å². The van der Waals surface area contributed by atoms with Gasteiger partial charge in [0, 0.05) is 0 Å². The minimum absolute atomic E-state index is 1.32. The minimum Gasteiger partial charge on any atom is -0.103 e. The maximum absolute atomic E-state index is 3.36. The fraction of sp³-hybridized carbons (Fsp3) is 0.804. The smallest absolute Gasteiger partial charge is 0.0351 e. The first kappa shape index (κ1) is 49.7. The van der Waals surface area contributed by atoms with Crippen LogP contribution in [0.5, 0.6) is 0 Å². The summed E-state index contributed by atoms with van der Waals surface area (Å²) in [6.45, 7) is 5.25. The molecule has 0 heterocycles. The second-order valence-corrected chi connectivity index (χ2v) is 15.9. The Balaban J connectivity index is 0.000000636. The summed E-state index contributed by atoms with van der Waals surface area (Å²) in [6, 6.07) is 0. The normalized spacial score (nSPS) is 21.6. The van der Waals surface area contributed by atoms with Crippen LogP contribution >= 0.6 is 0 Å². The molecule has 0 fully saturated rings. The molecule has 0 N–H and O–H groups in total. The molecule has 0 aromatic carbocycles. The Labute approximate surface area is 324 Å². The zero-order valence-electron chi connectivity index (χ0n) is 35.2. The van der Waals surface area contributed by atoms with E-state index in [4.69, 9.17) is 0 Å². The molecule has 0 nitrogen and oxygen atoms in total. The van der Waals surface area contributed by atoms with Crippen molar-refractivity contribution in [1.82, 2.24) is 0 Å². The lowest BCUT2D eigenvalue weighted by Gasteiger charge is -2.02. The van der Waals surface area contributed by atoms with E-state index in [-0.39, 0.29) is 0 Å². The van der Waals surface area contributed by atoms with Crippen LogP contribution in [0.25, 0.3) is 0 Å². The largest absolute Gasteiger partial charge is 0.103 e. The molecule has 4 aliphatic carbocycles. The van der Waals surface area contributed by atoms with Gasteiger partial charge in [-0.1, -0.05) is 209 Å². The number of allylic oxidation sites excluding steroid dienone is 9. The Kier molecular flexibility index (Phi) is 47.5. The first-order chi connectivity index (χ1) is 25.4. The molecule has 0 aromatic heterocycles. The average Bonchev–Trinajstić information content (AvgIpc) is 3.11. The Morgan fingerprint density at radius 3 is 0.392 bits per heavy atom. The fourth-order valence-corrected chi connectivity index (χ4v) is 7.28. The fourth-order valence-electron chi connectivity index (χ4n) is 7.28. The van der Waals surface area contributed by atoms with Crippen LogP contribution in [-0.4, -0.2) is 0 Å². The second kappa shape index (κ2) is 48.7. The molecule has 0 heteroatoms. The zero-order chi connectivity index (χ0) is 36.6. The number of hydrogen-bond donors (Lipinski definition) is 0. The van der Waals surface area contributed by atoms with E-state index in [1.165, 1.54) is 257 Å². The second-order valence-electron chi connectivity index (χ2n) is 15.9. The van der Waals surface area contributed by atoms with Crippen molar-refractivity contribution in [1.29, 1.82) is 0 Å². The third kappa shape index (κ3) is 48.7.